The van der Waals surface area contributed by atoms with Crippen molar-refractivity contribution in [1.29, 1.82) is 5.26 Å². The number of hydrogen-bond donors (Lipinski definition) is 0. The lowest BCUT2D eigenvalue weighted by Gasteiger charge is -2.07. The molecule has 0 atom stereocenters. The number of nitriles is 1. The van der Waals surface area contributed by atoms with Gasteiger partial charge in [0, 0.05) is 28.1 Å². The second kappa shape index (κ2) is 7.17. The molecular weight excluding hydrogens is 368 g/mol. The number of nitrogens with zero attached hydrogens (tertiary/aromatic N) is 2. The number of aromatic nitrogens is 1. The Balaban J connectivity index is 1.74. The zero-order valence-corrected chi connectivity index (χ0v) is 16.9. The summed E-state index contributed by atoms with van der Waals surface area (Å²) >= 11 is 0. The molecule has 0 saturated carbocycles. The lowest BCUT2D eigenvalue weighted by molar-refractivity contribution is 0.670. The number of rotatable bonds is 3. The fourth-order valence-electron chi connectivity index (χ4n) is 3.95. The Labute approximate surface area is 175 Å². The molecule has 144 valence electrons. The Morgan fingerprint density at radius 3 is 2.43 bits per heavy atom. The van der Waals surface area contributed by atoms with Crippen LogP contribution in [0.25, 0.3) is 44.3 Å². The van der Waals surface area contributed by atoms with E-state index in [0.29, 0.717) is 11.5 Å². The molecule has 0 spiro atoms. The average Bonchev–Trinajstić information content (AvgIpc) is 3.16. The van der Waals surface area contributed by atoms with Crippen LogP contribution in [0.4, 0.5) is 0 Å². The minimum atomic E-state index is 0.444. The number of pyridine rings is 1. The van der Waals surface area contributed by atoms with Gasteiger partial charge in [-0.3, -0.25) is 4.98 Å². The molecule has 0 aliphatic heterocycles. The second-order valence-corrected chi connectivity index (χ2v) is 7.78. The molecule has 5 aromatic rings. The highest BCUT2D eigenvalue weighted by Crippen LogP contribution is 2.39. The van der Waals surface area contributed by atoms with Crippen molar-refractivity contribution in [1.82, 2.24) is 4.98 Å². The summed E-state index contributed by atoms with van der Waals surface area (Å²) in [6.45, 7) is 4.36. The van der Waals surface area contributed by atoms with Gasteiger partial charge in [0.1, 0.15) is 11.2 Å². The SMILES string of the molecule is CC(C)c1ccnc(-c2ccc3c(c2)oc2c(-c4ccccc4)c(C#N)ccc23)c1. The predicted molar refractivity (Wildman–Crippen MR) is 121 cm³/mol. The summed E-state index contributed by atoms with van der Waals surface area (Å²) < 4.78 is 6.34. The largest absolute Gasteiger partial charge is 0.455 e. The minimum absolute atomic E-state index is 0.444. The van der Waals surface area contributed by atoms with Crippen molar-refractivity contribution in [2.75, 3.05) is 0 Å². The van der Waals surface area contributed by atoms with Crippen molar-refractivity contribution in [3.05, 3.63) is 90.1 Å². The Kier molecular flexibility index (Phi) is 4.34. The molecule has 0 aliphatic carbocycles. The van der Waals surface area contributed by atoms with E-state index in [-0.39, 0.29) is 0 Å². The first kappa shape index (κ1) is 18.1. The lowest BCUT2D eigenvalue weighted by Crippen LogP contribution is -1.90. The first-order valence-corrected chi connectivity index (χ1v) is 10.1. The van der Waals surface area contributed by atoms with Crippen LogP contribution in [-0.2, 0) is 0 Å². The van der Waals surface area contributed by atoms with E-state index in [1.165, 1.54) is 5.56 Å². The van der Waals surface area contributed by atoms with Crippen molar-refractivity contribution in [2.24, 2.45) is 0 Å². The molecule has 0 saturated heterocycles. The highest BCUT2D eigenvalue weighted by atomic mass is 16.3. The number of hydrogen-bond acceptors (Lipinski definition) is 3. The van der Waals surface area contributed by atoms with Gasteiger partial charge in [-0.2, -0.15) is 5.26 Å². The predicted octanol–water partition coefficient (Wildman–Crippen LogP) is 7.31. The molecular formula is C27H20N2O. The highest BCUT2D eigenvalue weighted by Gasteiger charge is 2.17. The van der Waals surface area contributed by atoms with Gasteiger partial charge in [-0.05, 0) is 53.4 Å². The van der Waals surface area contributed by atoms with Crippen LogP contribution in [0.5, 0.6) is 0 Å². The molecule has 5 rings (SSSR count). The van der Waals surface area contributed by atoms with Crippen LogP contribution < -0.4 is 0 Å². The van der Waals surface area contributed by atoms with E-state index in [1.54, 1.807) is 0 Å². The highest BCUT2D eigenvalue weighted by molar-refractivity contribution is 6.11. The molecule has 0 radical (unpaired) electrons. The maximum atomic E-state index is 9.68. The molecule has 3 nitrogen and oxygen atoms in total. The molecule has 0 bridgehead atoms. The number of benzene rings is 3. The van der Waals surface area contributed by atoms with Crippen molar-refractivity contribution in [3.63, 3.8) is 0 Å². The van der Waals surface area contributed by atoms with Crippen molar-refractivity contribution >= 4 is 21.9 Å². The second-order valence-electron chi connectivity index (χ2n) is 7.78. The van der Waals surface area contributed by atoms with Crippen LogP contribution >= 0.6 is 0 Å². The third kappa shape index (κ3) is 2.94. The van der Waals surface area contributed by atoms with Crippen molar-refractivity contribution in [3.8, 4) is 28.5 Å². The summed E-state index contributed by atoms with van der Waals surface area (Å²) in [6.07, 6.45) is 1.86. The van der Waals surface area contributed by atoms with Crippen molar-refractivity contribution in [2.45, 2.75) is 19.8 Å². The molecule has 0 aliphatic rings. The van der Waals surface area contributed by atoms with Gasteiger partial charge in [0.15, 0.2) is 0 Å². The van der Waals surface area contributed by atoms with Gasteiger partial charge in [0.25, 0.3) is 0 Å². The van der Waals surface area contributed by atoms with E-state index >= 15 is 0 Å². The van der Waals surface area contributed by atoms with Crippen molar-refractivity contribution < 1.29 is 4.42 Å². The Morgan fingerprint density at radius 1 is 0.867 bits per heavy atom. The zero-order valence-electron chi connectivity index (χ0n) is 16.9. The van der Waals surface area contributed by atoms with E-state index in [4.69, 9.17) is 4.42 Å². The van der Waals surface area contributed by atoms with Gasteiger partial charge in [0.05, 0.1) is 17.3 Å². The Bertz CT molecular complexity index is 1420. The average molecular weight is 388 g/mol. The Morgan fingerprint density at radius 2 is 1.67 bits per heavy atom. The van der Waals surface area contributed by atoms with E-state index in [2.05, 4.69) is 49.2 Å². The smallest absolute Gasteiger partial charge is 0.144 e. The topological polar surface area (TPSA) is 49.8 Å². The van der Waals surface area contributed by atoms with Gasteiger partial charge in [-0.25, -0.2) is 0 Å². The quantitative estimate of drug-likeness (QED) is 0.325. The molecule has 2 aromatic heterocycles. The summed E-state index contributed by atoms with van der Waals surface area (Å²) in [5.74, 6) is 0.444. The number of furan rings is 1. The van der Waals surface area contributed by atoms with Gasteiger partial charge in [-0.1, -0.05) is 50.2 Å². The minimum Gasteiger partial charge on any atom is -0.455 e. The van der Waals surface area contributed by atoms with E-state index in [9.17, 15) is 5.26 Å². The van der Waals surface area contributed by atoms with Gasteiger partial charge < -0.3 is 4.42 Å². The van der Waals surface area contributed by atoms with E-state index in [1.807, 2.05) is 54.7 Å². The van der Waals surface area contributed by atoms with E-state index < -0.39 is 0 Å². The molecule has 3 aromatic carbocycles. The van der Waals surface area contributed by atoms with Gasteiger partial charge in [-0.15, -0.1) is 0 Å². The van der Waals surface area contributed by atoms with Crippen LogP contribution in [0.1, 0.15) is 30.9 Å². The normalized spacial score (nSPS) is 11.3. The maximum absolute atomic E-state index is 9.68. The fraction of sp³-hybridized carbons (Fsp3) is 0.111. The summed E-state index contributed by atoms with van der Waals surface area (Å²) in [7, 11) is 0. The van der Waals surface area contributed by atoms with E-state index in [0.717, 1.165) is 44.3 Å². The maximum Gasteiger partial charge on any atom is 0.144 e. The zero-order chi connectivity index (χ0) is 20.7. The Hall–Kier alpha value is -3.90. The summed E-state index contributed by atoms with van der Waals surface area (Å²) in [5, 5.41) is 11.7. The van der Waals surface area contributed by atoms with Gasteiger partial charge in [0.2, 0.25) is 0 Å². The van der Waals surface area contributed by atoms with Crippen LogP contribution in [0.15, 0.2) is 83.4 Å². The molecule has 0 unspecified atom stereocenters. The molecule has 0 fully saturated rings. The third-order valence-corrected chi connectivity index (χ3v) is 5.57. The van der Waals surface area contributed by atoms with Crippen LogP contribution in [0.2, 0.25) is 0 Å². The van der Waals surface area contributed by atoms with Crippen LogP contribution in [0, 0.1) is 11.3 Å². The molecule has 2 heterocycles. The monoisotopic (exact) mass is 388 g/mol. The standard InChI is InChI=1S/C27H20N2O/c1-17(2)19-12-13-29-24(14-19)20-8-10-22-23-11-9-21(16-28)26(18-6-4-3-5-7-18)27(23)30-25(22)15-20/h3-15,17H,1-2H3. The fourth-order valence-corrected chi connectivity index (χ4v) is 3.95. The first-order chi connectivity index (χ1) is 14.7. The van der Waals surface area contributed by atoms with Crippen LogP contribution in [0.3, 0.4) is 0 Å². The molecule has 3 heteroatoms. The summed E-state index contributed by atoms with van der Waals surface area (Å²) in [6, 6.07) is 26.5. The molecule has 0 N–H and O–H groups in total. The van der Waals surface area contributed by atoms with Gasteiger partial charge >= 0.3 is 0 Å². The summed E-state index contributed by atoms with van der Waals surface area (Å²) in [5.41, 5.74) is 7.19. The third-order valence-electron chi connectivity index (χ3n) is 5.57. The summed E-state index contributed by atoms with van der Waals surface area (Å²) in [4.78, 5) is 4.56. The van der Waals surface area contributed by atoms with Crippen LogP contribution in [-0.4, -0.2) is 4.98 Å². The lowest BCUT2D eigenvalue weighted by atomic mass is 9.97. The molecule has 30 heavy (non-hydrogen) atoms. The molecule has 0 amide bonds. The number of fused-ring (bicyclic) bond motifs is 3. The first-order valence-electron chi connectivity index (χ1n) is 10.1.